The van der Waals surface area contributed by atoms with Gasteiger partial charge in [0.1, 0.15) is 0 Å². The Hall–Kier alpha value is -1.42. The van der Waals surface area contributed by atoms with E-state index in [-0.39, 0.29) is 0 Å². The van der Waals surface area contributed by atoms with E-state index in [1.54, 1.807) is 0 Å². The molecule has 0 radical (unpaired) electrons. The fraction of sp³-hybridized carbons (Fsp3) is 0.526. The Bertz CT molecular complexity index is 701. The van der Waals surface area contributed by atoms with Crippen LogP contribution in [0.15, 0.2) is 30.3 Å². The van der Waals surface area contributed by atoms with Crippen molar-refractivity contribution in [2.45, 2.75) is 57.2 Å². The summed E-state index contributed by atoms with van der Waals surface area (Å²) in [5.41, 5.74) is 3.36. The van der Waals surface area contributed by atoms with Gasteiger partial charge in [-0.15, -0.1) is 0 Å². The number of para-hydroxylation sites is 1. The van der Waals surface area contributed by atoms with Crippen LogP contribution in [0, 0.1) is 0 Å². The maximum Gasteiger partial charge on any atom is 0.0726 e. The van der Waals surface area contributed by atoms with Crippen molar-refractivity contribution in [3.05, 3.63) is 36.0 Å². The van der Waals surface area contributed by atoms with E-state index in [9.17, 15) is 4.21 Å². The molecule has 0 bridgehead atoms. The SMILES string of the molecule is CCc1cc(NC2CCCC(S(=O)CC)C2)c2ccccc2n1. The molecule has 1 N–H and O–H groups in total. The zero-order chi connectivity index (χ0) is 16.2. The van der Waals surface area contributed by atoms with Gasteiger partial charge in [-0.1, -0.05) is 38.5 Å². The number of nitrogens with one attached hydrogen (secondary N) is 1. The summed E-state index contributed by atoms with van der Waals surface area (Å²) < 4.78 is 12.2. The monoisotopic (exact) mass is 330 g/mol. The van der Waals surface area contributed by atoms with Gasteiger partial charge in [0.15, 0.2) is 0 Å². The molecule has 3 rings (SSSR count). The highest BCUT2D eigenvalue weighted by Gasteiger charge is 2.25. The summed E-state index contributed by atoms with van der Waals surface area (Å²) in [6.45, 7) is 4.17. The second-order valence-electron chi connectivity index (χ2n) is 6.33. The summed E-state index contributed by atoms with van der Waals surface area (Å²) in [6.07, 6.45) is 5.38. The van der Waals surface area contributed by atoms with Crippen LogP contribution in [0.25, 0.3) is 10.9 Å². The number of rotatable bonds is 5. The van der Waals surface area contributed by atoms with Crippen molar-refractivity contribution in [2.24, 2.45) is 0 Å². The zero-order valence-corrected chi connectivity index (χ0v) is 14.9. The third-order valence-corrected chi connectivity index (χ3v) is 6.51. The minimum atomic E-state index is -0.678. The van der Waals surface area contributed by atoms with E-state index in [0.29, 0.717) is 11.3 Å². The summed E-state index contributed by atoms with van der Waals surface area (Å²) in [6, 6.07) is 10.9. The van der Waals surface area contributed by atoms with Gasteiger partial charge >= 0.3 is 0 Å². The van der Waals surface area contributed by atoms with Gasteiger partial charge in [-0.05, 0) is 37.8 Å². The van der Waals surface area contributed by atoms with Crippen molar-refractivity contribution in [3.8, 4) is 0 Å². The van der Waals surface area contributed by atoms with Gasteiger partial charge in [-0.3, -0.25) is 9.19 Å². The van der Waals surface area contributed by atoms with E-state index in [1.165, 1.54) is 11.1 Å². The van der Waals surface area contributed by atoms with Gasteiger partial charge in [-0.25, -0.2) is 0 Å². The minimum absolute atomic E-state index is 0.352. The van der Waals surface area contributed by atoms with E-state index >= 15 is 0 Å². The maximum absolute atomic E-state index is 12.2. The molecule has 1 aromatic carbocycles. The van der Waals surface area contributed by atoms with Crippen LogP contribution < -0.4 is 5.32 Å². The first-order valence-corrected chi connectivity index (χ1v) is 10.1. The minimum Gasteiger partial charge on any atom is -0.382 e. The molecule has 0 amide bonds. The van der Waals surface area contributed by atoms with E-state index in [4.69, 9.17) is 4.98 Å². The van der Waals surface area contributed by atoms with Crippen LogP contribution in [0.3, 0.4) is 0 Å². The van der Waals surface area contributed by atoms with Crippen LogP contribution in [0.4, 0.5) is 5.69 Å². The third kappa shape index (κ3) is 3.74. The summed E-state index contributed by atoms with van der Waals surface area (Å²) >= 11 is 0. The van der Waals surface area contributed by atoms with Crippen LogP contribution in [0.5, 0.6) is 0 Å². The molecule has 0 saturated heterocycles. The van der Waals surface area contributed by atoms with Gasteiger partial charge in [0, 0.05) is 44.6 Å². The number of fused-ring (bicyclic) bond motifs is 1. The van der Waals surface area contributed by atoms with Crippen molar-refractivity contribution in [1.29, 1.82) is 0 Å². The van der Waals surface area contributed by atoms with Crippen molar-refractivity contribution in [1.82, 2.24) is 4.98 Å². The standard InChI is InChI=1S/C19H26N2OS/c1-3-14-13-19(17-10-5-6-11-18(17)20-14)21-15-8-7-9-16(12-15)23(22)4-2/h5-6,10-11,13,15-16H,3-4,7-9,12H2,1-2H3,(H,20,21). The predicted octanol–water partition coefficient (Wildman–Crippen LogP) is 4.29. The normalized spacial score (nSPS) is 22.9. The lowest BCUT2D eigenvalue weighted by Crippen LogP contribution is -2.33. The molecule has 1 heterocycles. The predicted molar refractivity (Wildman–Crippen MR) is 99.5 cm³/mol. The first-order valence-electron chi connectivity index (χ1n) is 8.73. The smallest absolute Gasteiger partial charge is 0.0726 e. The second kappa shape index (κ2) is 7.43. The van der Waals surface area contributed by atoms with Gasteiger partial charge in [0.2, 0.25) is 0 Å². The molecular weight excluding hydrogens is 304 g/mol. The molecule has 0 aliphatic heterocycles. The lowest BCUT2D eigenvalue weighted by Gasteiger charge is -2.30. The molecule has 2 aromatic rings. The number of pyridine rings is 1. The fourth-order valence-corrected chi connectivity index (χ4v) is 4.85. The number of hydrogen-bond acceptors (Lipinski definition) is 3. The lowest BCUT2D eigenvalue weighted by atomic mass is 9.94. The second-order valence-corrected chi connectivity index (χ2v) is 8.34. The molecule has 1 fully saturated rings. The summed E-state index contributed by atoms with van der Waals surface area (Å²) in [4.78, 5) is 4.72. The number of aromatic nitrogens is 1. The van der Waals surface area contributed by atoms with Gasteiger partial charge in [0.25, 0.3) is 0 Å². The number of hydrogen-bond donors (Lipinski definition) is 1. The Morgan fingerprint density at radius 3 is 2.87 bits per heavy atom. The molecule has 0 spiro atoms. The molecule has 3 atom stereocenters. The lowest BCUT2D eigenvalue weighted by molar-refractivity contribution is 0.465. The average Bonchev–Trinajstić information content (AvgIpc) is 2.61. The summed E-state index contributed by atoms with van der Waals surface area (Å²) in [7, 11) is -0.678. The maximum atomic E-state index is 12.2. The van der Waals surface area contributed by atoms with Gasteiger partial charge in [-0.2, -0.15) is 0 Å². The molecule has 3 unspecified atom stereocenters. The van der Waals surface area contributed by atoms with Gasteiger partial charge in [0.05, 0.1) is 5.52 Å². The van der Waals surface area contributed by atoms with Crippen LogP contribution in [0.1, 0.15) is 45.2 Å². The highest BCUT2D eigenvalue weighted by atomic mass is 32.2. The van der Waals surface area contributed by atoms with Crippen LogP contribution in [-0.4, -0.2) is 26.2 Å². The summed E-state index contributed by atoms with van der Waals surface area (Å²) in [5, 5.41) is 5.27. The molecule has 1 saturated carbocycles. The Morgan fingerprint density at radius 2 is 2.09 bits per heavy atom. The highest BCUT2D eigenvalue weighted by Crippen LogP contribution is 2.29. The molecule has 4 heteroatoms. The van der Waals surface area contributed by atoms with Crippen LogP contribution in [0.2, 0.25) is 0 Å². The molecule has 124 valence electrons. The number of benzene rings is 1. The first-order chi connectivity index (χ1) is 11.2. The highest BCUT2D eigenvalue weighted by molar-refractivity contribution is 7.85. The van der Waals surface area contributed by atoms with E-state index in [0.717, 1.165) is 49.1 Å². The third-order valence-electron chi connectivity index (χ3n) is 4.77. The molecule has 3 nitrogen and oxygen atoms in total. The summed E-state index contributed by atoms with van der Waals surface area (Å²) in [5.74, 6) is 0.773. The average molecular weight is 330 g/mol. The zero-order valence-electron chi connectivity index (χ0n) is 14.0. The Morgan fingerprint density at radius 1 is 1.26 bits per heavy atom. The number of nitrogens with zero attached hydrogens (tertiary/aromatic N) is 1. The van der Waals surface area contributed by atoms with Crippen LogP contribution in [-0.2, 0) is 17.2 Å². The molecule has 1 aliphatic rings. The van der Waals surface area contributed by atoms with Gasteiger partial charge < -0.3 is 5.32 Å². The molecular formula is C19H26N2OS. The van der Waals surface area contributed by atoms with Crippen LogP contribution >= 0.6 is 0 Å². The molecule has 1 aliphatic carbocycles. The molecule has 1 aromatic heterocycles. The number of aryl methyl sites for hydroxylation is 1. The topological polar surface area (TPSA) is 42.0 Å². The quantitative estimate of drug-likeness (QED) is 0.889. The van der Waals surface area contributed by atoms with E-state index in [2.05, 4.69) is 36.5 Å². The first kappa shape index (κ1) is 16.4. The fourth-order valence-electron chi connectivity index (χ4n) is 3.50. The Labute approximate surface area is 141 Å². The van der Waals surface area contributed by atoms with E-state index < -0.39 is 10.8 Å². The van der Waals surface area contributed by atoms with Crippen molar-refractivity contribution >= 4 is 27.4 Å². The molecule has 23 heavy (non-hydrogen) atoms. The largest absolute Gasteiger partial charge is 0.382 e. The number of anilines is 1. The Balaban J connectivity index is 1.84. The van der Waals surface area contributed by atoms with Crippen molar-refractivity contribution < 1.29 is 4.21 Å². The van der Waals surface area contributed by atoms with Crippen molar-refractivity contribution in [3.63, 3.8) is 0 Å². The van der Waals surface area contributed by atoms with E-state index in [1.807, 2.05) is 13.0 Å². The Kier molecular flexibility index (Phi) is 5.31. The van der Waals surface area contributed by atoms with Crippen molar-refractivity contribution in [2.75, 3.05) is 11.1 Å².